The van der Waals surface area contributed by atoms with Crippen molar-refractivity contribution in [3.05, 3.63) is 52.0 Å². The average Bonchev–Trinajstić information content (AvgIpc) is 3.13. The Kier molecular flexibility index (Phi) is 4.55. The molecule has 1 aromatic heterocycles. The lowest BCUT2D eigenvalue weighted by atomic mass is 10.2. The van der Waals surface area contributed by atoms with Crippen LogP contribution in [0.1, 0.15) is 29.3 Å². The highest BCUT2D eigenvalue weighted by Crippen LogP contribution is 2.34. The molecule has 0 saturated carbocycles. The van der Waals surface area contributed by atoms with Crippen molar-refractivity contribution >= 4 is 22.9 Å². The van der Waals surface area contributed by atoms with Crippen LogP contribution in [0.25, 0.3) is 0 Å². The van der Waals surface area contributed by atoms with Gasteiger partial charge in [0.15, 0.2) is 0 Å². The number of thiophene rings is 1. The third-order valence-electron chi connectivity index (χ3n) is 4.04. The molecule has 0 bridgehead atoms. The van der Waals surface area contributed by atoms with Crippen molar-refractivity contribution in [3.8, 4) is 0 Å². The standard InChI is InChI=1S/C17H19FN2OS/c1-12-6-7-13(10-14(12)18)19-17(21)11-20-8-2-4-15(20)16-5-3-9-22-16/h3,5-7,9-10,15H,2,4,8,11H2,1H3,(H,19,21)/t15-/m1/s1. The number of halogens is 1. The van der Waals surface area contributed by atoms with Crippen molar-refractivity contribution in [2.75, 3.05) is 18.4 Å². The molecule has 116 valence electrons. The minimum absolute atomic E-state index is 0.0910. The van der Waals surface area contributed by atoms with Crippen molar-refractivity contribution in [2.45, 2.75) is 25.8 Å². The maximum absolute atomic E-state index is 13.5. The first-order valence-electron chi connectivity index (χ1n) is 7.47. The quantitative estimate of drug-likeness (QED) is 0.925. The monoisotopic (exact) mass is 318 g/mol. The molecule has 1 aromatic carbocycles. The number of nitrogens with zero attached hydrogens (tertiary/aromatic N) is 1. The lowest BCUT2D eigenvalue weighted by Gasteiger charge is -2.22. The Morgan fingerprint density at radius 3 is 3.05 bits per heavy atom. The summed E-state index contributed by atoms with van der Waals surface area (Å²) in [5.74, 6) is -0.387. The van der Waals surface area contributed by atoms with Gasteiger partial charge in [-0.05, 0) is 55.5 Å². The van der Waals surface area contributed by atoms with E-state index < -0.39 is 0 Å². The molecular formula is C17H19FN2OS. The van der Waals surface area contributed by atoms with E-state index in [4.69, 9.17) is 0 Å². The highest BCUT2D eigenvalue weighted by Gasteiger charge is 2.28. The molecule has 1 aliphatic rings. The molecule has 3 nitrogen and oxygen atoms in total. The van der Waals surface area contributed by atoms with E-state index in [1.165, 1.54) is 10.9 Å². The fourth-order valence-electron chi connectivity index (χ4n) is 2.87. The van der Waals surface area contributed by atoms with E-state index in [9.17, 15) is 9.18 Å². The van der Waals surface area contributed by atoms with Crippen molar-refractivity contribution in [1.29, 1.82) is 0 Å². The van der Waals surface area contributed by atoms with Gasteiger partial charge in [0.05, 0.1) is 6.54 Å². The number of nitrogens with one attached hydrogen (secondary N) is 1. The average molecular weight is 318 g/mol. The second-order valence-corrected chi connectivity index (χ2v) is 6.64. The number of carbonyl (C=O) groups is 1. The van der Waals surface area contributed by atoms with E-state index >= 15 is 0 Å². The Labute approximate surface area is 133 Å². The Morgan fingerprint density at radius 1 is 1.45 bits per heavy atom. The molecule has 3 rings (SSSR count). The fourth-order valence-corrected chi connectivity index (χ4v) is 3.77. The highest BCUT2D eigenvalue weighted by molar-refractivity contribution is 7.10. The summed E-state index contributed by atoms with van der Waals surface area (Å²) in [5, 5.41) is 4.86. The normalized spacial score (nSPS) is 18.5. The van der Waals surface area contributed by atoms with Gasteiger partial charge in [-0.1, -0.05) is 12.1 Å². The number of rotatable bonds is 4. The second kappa shape index (κ2) is 6.58. The van der Waals surface area contributed by atoms with E-state index in [-0.39, 0.29) is 11.7 Å². The lowest BCUT2D eigenvalue weighted by molar-refractivity contribution is -0.117. The molecule has 1 aliphatic heterocycles. The van der Waals surface area contributed by atoms with Gasteiger partial charge in [-0.2, -0.15) is 0 Å². The van der Waals surface area contributed by atoms with Crippen LogP contribution < -0.4 is 5.32 Å². The molecule has 1 amide bonds. The SMILES string of the molecule is Cc1ccc(NC(=O)CN2CCC[C@@H]2c2cccs2)cc1F. The van der Waals surface area contributed by atoms with Gasteiger partial charge in [0.1, 0.15) is 5.82 Å². The molecule has 2 aromatic rings. The first kappa shape index (κ1) is 15.2. The number of hydrogen-bond donors (Lipinski definition) is 1. The first-order valence-corrected chi connectivity index (χ1v) is 8.35. The number of hydrogen-bond acceptors (Lipinski definition) is 3. The zero-order valence-corrected chi connectivity index (χ0v) is 13.3. The van der Waals surface area contributed by atoms with Crippen LogP contribution in [0.5, 0.6) is 0 Å². The van der Waals surface area contributed by atoms with Crippen molar-refractivity contribution < 1.29 is 9.18 Å². The predicted octanol–water partition coefficient (Wildman–Crippen LogP) is 3.97. The maximum atomic E-state index is 13.5. The molecule has 1 atom stereocenters. The van der Waals surface area contributed by atoms with Gasteiger partial charge in [-0.15, -0.1) is 11.3 Å². The van der Waals surface area contributed by atoms with Gasteiger partial charge >= 0.3 is 0 Å². The van der Waals surface area contributed by atoms with Crippen LogP contribution in [-0.4, -0.2) is 23.9 Å². The maximum Gasteiger partial charge on any atom is 0.238 e. The molecule has 1 N–H and O–H groups in total. The Balaban J connectivity index is 1.62. The molecule has 1 fully saturated rings. The largest absolute Gasteiger partial charge is 0.325 e. The number of anilines is 1. The van der Waals surface area contributed by atoms with Crippen LogP contribution in [0.3, 0.4) is 0 Å². The molecule has 22 heavy (non-hydrogen) atoms. The first-order chi connectivity index (χ1) is 10.6. The summed E-state index contributed by atoms with van der Waals surface area (Å²) in [4.78, 5) is 15.7. The van der Waals surface area contributed by atoms with Gasteiger partial charge in [0.2, 0.25) is 5.91 Å². The molecule has 5 heteroatoms. The smallest absolute Gasteiger partial charge is 0.238 e. The summed E-state index contributed by atoms with van der Waals surface area (Å²) in [7, 11) is 0. The summed E-state index contributed by atoms with van der Waals surface area (Å²) in [6.45, 7) is 2.98. The Hall–Kier alpha value is -1.72. The van der Waals surface area contributed by atoms with E-state index in [1.807, 2.05) is 6.07 Å². The van der Waals surface area contributed by atoms with Crippen molar-refractivity contribution in [2.24, 2.45) is 0 Å². The zero-order chi connectivity index (χ0) is 15.5. The summed E-state index contributed by atoms with van der Waals surface area (Å²) in [6.07, 6.45) is 2.20. The van der Waals surface area contributed by atoms with E-state index in [0.29, 0.717) is 23.8 Å². The molecule has 0 aliphatic carbocycles. The van der Waals surface area contributed by atoms with Gasteiger partial charge in [-0.3, -0.25) is 9.69 Å². The summed E-state index contributed by atoms with van der Waals surface area (Å²) in [6, 6.07) is 9.29. The van der Waals surface area contributed by atoms with Crippen LogP contribution in [0, 0.1) is 12.7 Å². The molecule has 2 heterocycles. The molecule has 0 unspecified atom stereocenters. The lowest BCUT2D eigenvalue weighted by Crippen LogP contribution is -2.32. The highest BCUT2D eigenvalue weighted by atomic mass is 32.1. The molecule has 0 radical (unpaired) electrons. The summed E-state index contributed by atoms with van der Waals surface area (Å²) < 4.78 is 13.5. The van der Waals surface area contributed by atoms with E-state index in [1.54, 1.807) is 30.4 Å². The molecule has 0 spiro atoms. The van der Waals surface area contributed by atoms with Crippen molar-refractivity contribution in [3.63, 3.8) is 0 Å². The Morgan fingerprint density at radius 2 is 2.32 bits per heavy atom. The van der Waals surface area contributed by atoms with Crippen molar-refractivity contribution in [1.82, 2.24) is 4.90 Å². The third kappa shape index (κ3) is 3.36. The number of carbonyl (C=O) groups excluding carboxylic acids is 1. The van der Waals surface area contributed by atoms with Crippen LogP contribution in [0.15, 0.2) is 35.7 Å². The topological polar surface area (TPSA) is 32.3 Å². The van der Waals surface area contributed by atoms with Crippen LogP contribution in [-0.2, 0) is 4.79 Å². The third-order valence-corrected chi connectivity index (χ3v) is 5.01. The van der Waals surface area contributed by atoms with E-state index in [0.717, 1.165) is 19.4 Å². The summed E-state index contributed by atoms with van der Waals surface area (Å²) >= 11 is 1.74. The van der Waals surface area contributed by atoms with Crippen LogP contribution in [0.2, 0.25) is 0 Å². The fraction of sp³-hybridized carbons (Fsp3) is 0.353. The number of likely N-dealkylation sites (tertiary alicyclic amines) is 1. The van der Waals surface area contributed by atoms with Crippen LogP contribution >= 0.6 is 11.3 Å². The van der Waals surface area contributed by atoms with E-state index in [2.05, 4.69) is 21.7 Å². The molecular weight excluding hydrogens is 299 g/mol. The Bertz CT molecular complexity index is 657. The number of aryl methyl sites for hydroxylation is 1. The van der Waals surface area contributed by atoms with Gasteiger partial charge in [-0.25, -0.2) is 4.39 Å². The minimum atomic E-state index is -0.296. The van der Waals surface area contributed by atoms with Gasteiger partial charge in [0.25, 0.3) is 0 Å². The predicted molar refractivity (Wildman–Crippen MR) is 87.6 cm³/mol. The summed E-state index contributed by atoms with van der Waals surface area (Å²) in [5.41, 5.74) is 1.09. The minimum Gasteiger partial charge on any atom is -0.325 e. The second-order valence-electron chi connectivity index (χ2n) is 5.66. The molecule has 1 saturated heterocycles. The number of amides is 1. The zero-order valence-electron chi connectivity index (χ0n) is 12.5. The van der Waals surface area contributed by atoms with Crippen LogP contribution in [0.4, 0.5) is 10.1 Å². The van der Waals surface area contributed by atoms with Gasteiger partial charge < -0.3 is 5.32 Å². The van der Waals surface area contributed by atoms with Gasteiger partial charge in [0, 0.05) is 16.6 Å². The number of benzene rings is 1.